The third kappa shape index (κ3) is 6.02. The summed E-state index contributed by atoms with van der Waals surface area (Å²) in [4.78, 5) is 11.4. The fourth-order valence-corrected chi connectivity index (χ4v) is 3.80. The van der Waals surface area contributed by atoms with Crippen LogP contribution in [0, 0.1) is 0 Å². The Hall–Kier alpha value is -1.96. The van der Waals surface area contributed by atoms with Gasteiger partial charge < -0.3 is 15.4 Å². The predicted molar refractivity (Wildman–Crippen MR) is 111 cm³/mol. The average Bonchev–Trinajstić information content (AvgIpc) is 3.18. The molecule has 3 rings (SSSR count). The molecule has 7 heteroatoms. The van der Waals surface area contributed by atoms with Gasteiger partial charge in [0.25, 0.3) is 0 Å². The number of nitrogens with one attached hydrogen (secondary N) is 2. The number of ether oxygens (including phenoxy) is 1. The maximum atomic E-state index is 5.45. The van der Waals surface area contributed by atoms with Crippen molar-refractivity contribution in [3.05, 3.63) is 51.5 Å². The highest BCUT2D eigenvalue weighted by molar-refractivity contribution is 7.09. The van der Waals surface area contributed by atoms with E-state index in [0.717, 1.165) is 57.5 Å². The van der Waals surface area contributed by atoms with E-state index in [1.165, 1.54) is 16.1 Å². The Bertz CT molecular complexity index is 739. The number of hydrogen-bond donors (Lipinski definition) is 2. The number of morpholine rings is 1. The molecule has 1 aromatic carbocycles. The van der Waals surface area contributed by atoms with Crippen LogP contribution in [0.25, 0.3) is 0 Å². The van der Waals surface area contributed by atoms with Crippen molar-refractivity contribution in [3.8, 4) is 0 Å². The van der Waals surface area contributed by atoms with Gasteiger partial charge in [0.2, 0.25) is 0 Å². The number of guanidine groups is 1. The Morgan fingerprint density at radius 2 is 1.93 bits per heavy atom. The van der Waals surface area contributed by atoms with Crippen molar-refractivity contribution in [2.45, 2.75) is 33.0 Å². The highest BCUT2D eigenvalue weighted by Crippen LogP contribution is 2.13. The summed E-state index contributed by atoms with van der Waals surface area (Å²) in [7, 11) is 1.80. The standard InChI is InChI=1S/C20H29N5OS/c1-3-19-24-18(15-27-19)13-23-20(21-2)22-12-16-6-4-5-7-17(16)14-25-8-10-26-11-9-25/h4-7,15H,3,8-14H2,1-2H3,(H2,21,22,23). The second-order valence-corrected chi connectivity index (χ2v) is 7.47. The number of thiazole rings is 1. The van der Waals surface area contributed by atoms with Gasteiger partial charge in [-0.2, -0.15) is 0 Å². The van der Waals surface area contributed by atoms with Gasteiger partial charge >= 0.3 is 0 Å². The molecule has 1 aromatic heterocycles. The van der Waals surface area contributed by atoms with Crippen LogP contribution < -0.4 is 10.6 Å². The molecule has 1 fully saturated rings. The predicted octanol–water partition coefficient (Wildman–Crippen LogP) is 2.40. The zero-order chi connectivity index (χ0) is 18.9. The minimum Gasteiger partial charge on any atom is -0.379 e. The normalized spacial score (nSPS) is 15.7. The number of hydrogen-bond acceptors (Lipinski definition) is 5. The van der Waals surface area contributed by atoms with Gasteiger partial charge in [-0.25, -0.2) is 4.98 Å². The van der Waals surface area contributed by atoms with E-state index in [1.54, 1.807) is 18.4 Å². The van der Waals surface area contributed by atoms with Crippen molar-refractivity contribution in [2.75, 3.05) is 33.4 Å². The summed E-state index contributed by atoms with van der Waals surface area (Å²) in [5.74, 6) is 0.794. The van der Waals surface area contributed by atoms with Crippen molar-refractivity contribution in [1.82, 2.24) is 20.5 Å². The highest BCUT2D eigenvalue weighted by atomic mass is 32.1. The molecule has 0 radical (unpaired) electrons. The monoisotopic (exact) mass is 387 g/mol. The molecule has 27 heavy (non-hydrogen) atoms. The van der Waals surface area contributed by atoms with Gasteiger partial charge in [0, 0.05) is 38.6 Å². The summed E-state index contributed by atoms with van der Waals surface area (Å²) in [5.41, 5.74) is 3.72. The van der Waals surface area contributed by atoms with Gasteiger partial charge in [0.15, 0.2) is 5.96 Å². The van der Waals surface area contributed by atoms with Gasteiger partial charge in [-0.1, -0.05) is 31.2 Å². The van der Waals surface area contributed by atoms with Crippen LogP contribution in [0.2, 0.25) is 0 Å². The number of aliphatic imine (C=N–C) groups is 1. The lowest BCUT2D eigenvalue weighted by Crippen LogP contribution is -2.37. The Morgan fingerprint density at radius 3 is 2.63 bits per heavy atom. The van der Waals surface area contributed by atoms with Crippen LogP contribution in [0.15, 0.2) is 34.6 Å². The molecule has 0 bridgehead atoms. The topological polar surface area (TPSA) is 61.8 Å². The maximum Gasteiger partial charge on any atom is 0.191 e. The first-order chi connectivity index (χ1) is 13.3. The van der Waals surface area contributed by atoms with E-state index in [4.69, 9.17) is 4.74 Å². The largest absolute Gasteiger partial charge is 0.379 e. The number of aryl methyl sites for hydroxylation is 1. The van der Waals surface area contributed by atoms with Gasteiger partial charge in [-0.05, 0) is 17.5 Å². The summed E-state index contributed by atoms with van der Waals surface area (Å²) in [6.07, 6.45) is 0.984. The van der Waals surface area contributed by atoms with Crippen molar-refractivity contribution in [3.63, 3.8) is 0 Å². The summed E-state index contributed by atoms with van der Waals surface area (Å²) in [6.45, 7) is 8.18. The molecule has 1 aliphatic rings. The third-order valence-electron chi connectivity index (χ3n) is 4.62. The number of benzene rings is 1. The first-order valence-corrected chi connectivity index (χ1v) is 10.4. The molecule has 0 saturated carbocycles. The van der Waals surface area contributed by atoms with Crippen LogP contribution in [0.4, 0.5) is 0 Å². The first kappa shape index (κ1) is 19.8. The van der Waals surface area contributed by atoms with Gasteiger partial charge in [-0.3, -0.25) is 9.89 Å². The van der Waals surface area contributed by atoms with Crippen molar-refractivity contribution in [1.29, 1.82) is 0 Å². The molecule has 146 valence electrons. The lowest BCUT2D eigenvalue weighted by Gasteiger charge is -2.27. The molecule has 2 N–H and O–H groups in total. The van der Waals surface area contributed by atoms with E-state index >= 15 is 0 Å². The fraction of sp³-hybridized carbons (Fsp3) is 0.500. The van der Waals surface area contributed by atoms with E-state index in [2.05, 4.69) is 62.1 Å². The van der Waals surface area contributed by atoms with E-state index in [9.17, 15) is 0 Å². The summed E-state index contributed by atoms with van der Waals surface area (Å²) < 4.78 is 5.45. The Labute approximate surface area is 165 Å². The minimum atomic E-state index is 0.686. The molecule has 2 heterocycles. The fourth-order valence-electron chi connectivity index (χ4n) is 3.05. The van der Waals surface area contributed by atoms with Crippen LogP contribution >= 0.6 is 11.3 Å². The summed E-state index contributed by atoms with van der Waals surface area (Å²) in [5, 5.41) is 10.1. The van der Waals surface area contributed by atoms with E-state index in [1.807, 2.05) is 0 Å². The van der Waals surface area contributed by atoms with E-state index in [0.29, 0.717) is 6.54 Å². The Kier molecular flexibility index (Phi) is 7.62. The molecule has 0 unspecified atom stereocenters. The smallest absolute Gasteiger partial charge is 0.191 e. The lowest BCUT2D eigenvalue weighted by molar-refractivity contribution is 0.0341. The zero-order valence-electron chi connectivity index (χ0n) is 16.2. The average molecular weight is 388 g/mol. The first-order valence-electron chi connectivity index (χ1n) is 9.53. The Balaban J connectivity index is 1.53. The third-order valence-corrected chi connectivity index (χ3v) is 5.67. The number of rotatable bonds is 7. The van der Waals surface area contributed by atoms with Gasteiger partial charge in [-0.15, -0.1) is 11.3 Å². The summed E-state index contributed by atoms with van der Waals surface area (Å²) in [6, 6.07) is 8.60. The van der Waals surface area contributed by atoms with Crippen LogP contribution in [0.1, 0.15) is 28.8 Å². The summed E-state index contributed by atoms with van der Waals surface area (Å²) >= 11 is 1.71. The van der Waals surface area contributed by atoms with Crippen molar-refractivity contribution >= 4 is 17.3 Å². The van der Waals surface area contributed by atoms with Crippen LogP contribution in [-0.2, 0) is 30.8 Å². The van der Waals surface area contributed by atoms with Gasteiger partial charge in [0.1, 0.15) is 0 Å². The van der Waals surface area contributed by atoms with E-state index in [-0.39, 0.29) is 0 Å². The molecule has 6 nitrogen and oxygen atoms in total. The van der Waals surface area contributed by atoms with Crippen LogP contribution in [0.5, 0.6) is 0 Å². The number of aromatic nitrogens is 1. The zero-order valence-corrected chi connectivity index (χ0v) is 17.0. The second-order valence-electron chi connectivity index (χ2n) is 6.52. The lowest BCUT2D eigenvalue weighted by atomic mass is 10.1. The molecule has 1 aliphatic heterocycles. The van der Waals surface area contributed by atoms with Crippen molar-refractivity contribution in [2.24, 2.45) is 4.99 Å². The molecule has 1 saturated heterocycles. The maximum absolute atomic E-state index is 5.45. The molecular formula is C20H29N5OS. The molecule has 0 amide bonds. The molecule has 2 aromatic rings. The molecular weight excluding hydrogens is 358 g/mol. The van der Waals surface area contributed by atoms with Gasteiger partial charge in [0.05, 0.1) is 30.5 Å². The molecule has 0 atom stereocenters. The van der Waals surface area contributed by atoms with Crippen LogP contribution in [-0.4, -0.2) is 49.2 Å². The van der Waals surface area contributed by atoms with E-state index < -0.39 is 0 Å². The molecule has 0 aliphatic carbocycles. The Morgan fingerprint density at radius 1 is 1.19 bits per heavy atom. The van der Waals surface area contributed by atoms with Crippen LogP contribution in [0.3, 0.4) is 0 Å². The molecule has 0 spiro atoms. The highest BCUT2D eigenvalue weighted by Gasteiger charge is 2.13. The minimum absolute atomic E-state index is 0.686. The SMILES string of the molecule is CCc1nc(CNC(=NC)NCc2ccccc2CN2CCOCC2)cs1. The quantitative estimate of drug-likeness (QED) is 0.564. The van der Waals surface area contributed by atoms with Crippen molar-refractivity contribution < 1.29 is 4.74 Å². The second kappa shape index (κ2) is 10.4. The number of nitrogens with zero attached hydrogens (tertiary/aromatic N) is 3.